The molecule has 8 heteroatoms. The Morgan fingerprint density at radius 2 is 1.83 bits per heavy atom. The van der Waals surface area contributed by atoms with E-state index >= 15 is 0 Å². The van der Waals surface area contributed by atoms with Gasteiger partial charge in [0, 0.05) is 36.1 Å². The third kappa shape index (κ3) is 3.80. The highest BCUT2D eigenvalue weighted by molar-refractivity contribution is 6.40. The van der Waals surface area contributed by atoms with Crippen LogP contribution in [-0.4, -0.2) is 37.8 Å². The van der Waals surface area contributed by atoms with Gasteiger partial charge in [0.15, 0.2) is 0 Å². The van der Waals surface area contributed by atoms with Crippen molar-refractivity contribution in [3.05, 3.63) is 82.4 Å². The van der Waals surface area contributed by atoms with E-state index in [0.29, 0.717) is 35.7 Å². The highest BCUT2D eigenvalue weighted by atomic mass is 35.5. The van der Waals surface area contributed by atoms with Gasteiger partial charge in [0.05, 0.1) is 23.3 Å². The van der Waals surface area contributed by atoms with Crippen LogP contribution in [0.1, 0.15) is 29.5 Å². The summed E-state index contributed by atoms with van der Waals surface area (Å²) in [7, 11) is 0. The molecule has 1 saturated heterocycles. The van der Waals surface area contributed by atoms with Gasteiger partial charge in [0.25, 0.3) is 5.91 Å². The molecule has 0 aliphatic carbocycles. The molecule has 0 bridgehead atoms. The van der Waals surface area contributed by atoms with Crippen LogP contribution >= 0.6 is 23.2 Å². The number of carbonyl (C=O) groups excluding carboxylic acids is 2. The predicted molar refractivity (Wildman–Crippen MR) is 114 cm³/mol. The number of aromatic nitrogens is 2. The molecule has 4 rings (SSSR count). The molecular weight excluding hydrogens is 425 g/mol. The van der Waals surface area contributed by atoms with E-state index in [-0.39, 0.29) is 10.8 Å². The van der Waals surface area contributed by atoms with E-state index in [0.717, 1.165) is 0 Å². The Morgan fingerprint density at radius 3 is 2.53 bits per heavy atom. The predicted octanol–water partition coefficient (Wildman–Crippen LogP) is 4.22. The van der Waals surface area contributed by atoms with Gasteiger partial charge in [0.2, 0.25) is 5.78 Å². The Labute approximate surface area is 183 Å². The Morgan fingerprint density at radius 1 is 1.07 bits per heavy atom. The highest BCUT2D eigenvalue weighted by Gasteiger charge is 2.49. The van der Waals surface area contributed by atoms with E-state index in [4.69, 9.17) is 23.2 Å². The number of likely N-dealkylation sites (tertiary alicyclic amines) is 1. The number of benzene rings is 2. The lowest BCUT2D eigenvalue weighted by Gasteiger charge is -2.29. The van der Waals surface area contributed by atoms with E-state index in [1.165, 1.54) is 11.0 Å². The normalized spacial score (nSPS) is 18.9. The summed E-state index contributed by atoms with van der Waals surface area (Å²) in [5, 5.41) is 11.1. The highest BCUT2D eigenvalue weighted by Crippen LogP contribution is 2.47. The van der Waals surface area contributed by atoms with Crippen LogP contribution in [0.25, 0.3) is 0 Å². The van der Waals surface area contributed by atoms with Gasteiger partial charge in [-0.25, -0.2) is 4.98 Å². The zero-order chi connectivity index (χ0) is 21.3. The number of Topliss-reactive ketones (excluding diaryl/α,β-unsaturated/α-hetero) is 1. The van der Waals surface area contributed by atoms with Gasteiger partial charge in [-0.05, 0) is 24.1 Å². The fourth-order valence-electron chi connectivity index (χ4n) is 3.96. The molecule has 0 spiro atoms. The second kappa shape index (κ2) is 8.50. The summed E-state index contributed by atoms with van der Waals surface area (Å²) < 4.78 is 1.90. The fourth-order valence-corrected chi connectivity index (χ4v) is 4.47. The van der Waals surface area contributed by atoms with E-state index in [9.17, 15) is 14.7 Å². The molecule has 1 aliphatic heterocycles. The molecule has 1 aliphatic rings. The van der Waals surface area contributed by atoms with Crippen LogP contribution in [0.3, 0.4) is 0 Å². The van der Waals surface area contributed by atoms with Crippen LogP contribution in [-0.2, 0) is 16.1 Å². The second-order valence-electron chi connectivity index (χ2n) is 7.18. The smallest absolute Gasteiger partial charge is 0.291 e. The molecule has 2 aromatic carbocycles. The number of ketones is 1. The number of phenolic OH excluding ortho intramolecular Hbond substituents is 1. The summed E-state index contributed by atoms with van der Waals surface area (Å²) >= 11 is 12.3. The van der Waals surface area contributed by atoms with Gasteiger partial charge in [-0.2, -0.15) is 0 Å². The number of aromatic hydroxyl groups is 1. The van der Waals surface area contributed by atoms with Gasteiger partial charge < -0.3 is 14.6 Å². The van der Waals surface area contributed by atoms with E-state index in [2.05, 4.69) is 4.98 Å². The largest absolute Gasteiger partial charge is 0.506 e. The molecule has 1 aromatic heterocycles. The first-order valence-corrected chi connectivity index (χ1v) is 10.3. The third-order valence-electron chi connectivity index (χ3n) is 5.32. The minimum Gasteiger partial charge on any atom is -0.506 e. The zero-order valence-electron chi connectivity index (χ0n) is 15.9. The summed E-state index contributed by atoms with van der Waals surface area (Å²) in [6.07, 6.45) is 5.83. The Bertz CT molecular complexity index is 1070. The first-order valence-electron chi connectivity index (χ1n) is 9.50. The SMILES string of the molecule is O=C1C(=O)N(CCCn2ccnc2)C(c2cc(Cl)cc(Cl)c2O)C1c1ccccc1. The van der Waals surface area contributed by atoms with E-state index < -0.39 is 23.7 Å². The fraction of sp³-hybridized carbons (Fsp3) is 0.227. The Balaban J connectivity index is 1.73. The number of amides is 1. The lowest BCUT2D eigenvalue weighted by atomic mass is 9.86. The maximum absolute atomic E-state index is 13.0. The van der Waals surface area contributed by atoms with Gasteiger partial charge in [-0.3, -0.25) is 9.59 Å². The number of hydrogen-bond acceptors (Lipinski definition) is 4. The summed E-state index contributed by atoms with van der Waals surface area (Å²) in [5.74, 6) is -2.01. The molecule has 6 nitrogen and oxygen atoms in total. The molecule has 0 saturated carbocycles. The maximum Gasteiger partial charge on any atom is 0.291 e. The summed E-state index contributed by atoms with van der Waals surface area (Å²) in [5.41, 5.74) is 1.07. The van der Waals surface area contributed by atoms with Crippen molar-refractivity contribution in [3.8, 4) is 5.75 Å². The molecule has 2 atom stereocenters. The molecular formula is C22H19Cl2N3O3. The lowest BCUT2D eigenvalue weighted by molar-refractivity contribution is -0.140. The Hall–Kier alpha value is -2.83. The number of nitrogens with zero attached hydrogens (tertiary/aromatic N) is 3. The number of hydrogen-bond donors (Lipinski definition) is 1. The van der Waals surface area contributed by atoms with E-state index in [1.54, 1.807) is 30.7 Å². The van der Waals surface area contributed by atoms with Crippen LogP contribution in [0.15, 0.2) is 61.2 Å². The lowest BCUT2D eigenvalue weighted by Crippen LogP contribution is -2.31. The first-order chi connectivity index (χ1) is 14.5. The number of imidazole rings is 1. The van der Waals surface area contributed by atoms with Crippen molar-refractivity contribution >= 4 is 34.9 Å². The molecule has 3 aromatic rings. The van der Waals surface area contributed by atoms with Gasteiger partial charge in [-0.1, -0.05) is 53.5 Å². The standard InChI is InChI=1S/C22H19Cl2N3O3/c23-15-11-16(20(28)17(24)12-15)19-18(14-5-2-1-3-6-14)21(29)22(30)27(19)9-4-8-26-10-7-25-13-26/h1-3,5-7,10-13,18-19,28H,4,8-9H2. The zero-order valence-corrected chi connectivity index (χ0v) is 17.4. The van der Waals surface area contributed by atoms with Crippen LogP contribution < -0.4 is 0 Å². The van der Waals surface area contributed by atoms with Crippen molar-refractivity contribution in [1.29, 1.82) is 0 Å². The van der Waals surface area contributed by atoms with Gasteiger partial charge >= 0.3 is 0 Å². The summed E-state index contributed by atoms with van der Waals surface area (Å²) in [4.78, 5) is 31.5. The first kappa shape index (κ1) is 20.4. The van der Waals surface area contributed by atoms with Crippen molar-refractivity contribution in [2.45, 2.75) is 24.9 Å². The van der Waals surface area contributed by atoms with Crippen LogP contribution in [0, 0.1) is 0 Å². The van der Waals surface area contributed by atoms with E-state index in [1.807, 2.05) is 29.0 Å². The number of carbonyl (C=O) groups is 2. The quantitative estimate of drug-likeness (QED) is 0.578. The van der Waals surface area contributed by atoms with Crippen LogP contribution in [0.5, 0.6) is 5.75 Å². The molecule has 154 valence electrons. The second-order valence-corrected chi connectivity index (χ2v) is 8.02. The summed E-state index contributed by atoms with van der Waals surface area (Å²) in [6, 6.07) is 11.4. The number of aryl methyl sites for hydroxylation is 1. The average Bonchev–Trinajstić information content (AvgIpc) is 3.33. The van der Waals surface area contributed by atoms with Crippen LogP contribution in [0.4, 0.5) is 0 Å². The van der Waals surface area contributed by atoms with Crippen molar-refractivity contribution in [2.24, 2.45) is 0 Å². The number of halogens is 2. The van der Waals surface area contributed by atoms with Crippen molar-refractivity contribution in [3.63, 3.8) is 0 Å². The third-order valence-corrected chi connectivity index (χ3v) is 5.82. The minimum atomic E-state index is -0.757. The number of phenols is 1. The molecule has 1 amide bonds. The van der Waals surface area contributed by atoms with Crippen molar-refractivity contribution < 1.29 is 14.7 Å². The molecule has 2 unspecified atom stereocenters. The summed E-state index contributed by atoms with van der Waals surface area (Å²) in [6.45, 7) is 0.976. The topological polar surface area (TPSA) is 75.4 Å². The maximum atomic E-state index is 13.0. The molecule has 1 N–H and O–H groups in total. The molecule has 2 heterocycles. The van der Waals surface area contributed by atoms with Crippen LogP contribution in [0.2, 0.25) is 10.0 Å². The molecule has 1 fully saturated rings. The Kier molecular flexibility index (Phi) is 5.79. The minimum absolute atomic E-state index is 0.0782. The number of rotatable bonds is 6. The van der Waals surface area contributed by atoms with Crippen molar-refractivity contribution in [1.82, 2.24) is 14.5 Å². The molecule has 0 radical (unpaired) electrons. The van der Waals surface area contributed by atoms with Gasteiger partial charge in [-0.15, -0.1) is 0 Å². The van der Waals surface area contributed by atoms with Crippen molar-refractivity contribution in [2.75, 3.05) is 6.54 Å². The molecule has 30 heavy (non-hydrogen) atoms. The van der Waals surface area contributed by atoms with Gasteiger partial charge in [0.1, 0.15) is 5.75 Å². The monoisotopic (exact) mass is 443 g/mol. The average molecular weight is 444 g/mol.